The van der Waals surface area contributed by atoms with Crippen molar-refractivity contribution in [2.75, 3.05) is 6.54 Å². The van der Waals surface area contributed by atoms with Gasteiger partial charge in [-0.15, -0.1) is 0 Å². The van der Waals surface area contributed by atoms with Gasteiger partial charge in [0, 0.05) is 18.6 Å². The van der Waals surface area contributed by atoms with Crippen LogP contribution in [0.2, 0.25) is 0 Å². The van der Waals surface area contributed by atoms with E-state index in [0.717, 1.165) is 18.4 Å². The monoisotopic (exact) mass is 165 g/mol. The molecule has 1 N–H and O–H groups in total. The number of piperidine rings is 1. The molecule has 1 saturated heterocycles. The van der Waals surface area contributed by atoms with Gasteiger partial charge < -0.3 is 10.0 Å². The molecule has 2 aliphatic rings. The SMILES string of the molecule is CC(O)C#CN1CC2CC2C1C. The van der Waals surface area contributed by atoms with E-state index in [4.69, 9.17) is 5.11 Å². The summed E-state index contributed by atoms with van der Waals surface area (Å²) in [5.41, 5.74) is 0. The van der Waals surface area contributed by atoms with Crippen molar-refractivity contribution in [3.63, 3.8) is 0 Å². The van der Waals surface area contributed by atoms with E-state index >= 15 is 0 Å². The predicted molar refractivity (Wildman–Crippen MR) is 47.2 cm³/mol. The molecule has 0 amide bonds. The second kappa shape index (κ2) is 2.67. The fraction of sp³-hybridized carbons (Fsp3) is 0.800. The van der Waals surface area contributed by atoms with Crippen LogP contribution >= 0.6 is 0 Å². The topological polar surface area (TPSA) is 23.5 Å². The third-order valence-electron chi connectivity index (χ3n) is 2.94. The van der Waals surface area contributed by atoms with E-state index in [0.29, 0.717) is 6.04 Å². The molecule has 0 aromatic heterocycles. The van der Waals surface area contributed by atoms with Crippen molar-refractivity contribution in [1.29, 1.82) is 0 Å². The number of hydrogen-bond donors (Lipinski definition) is 1. The zero-order valence-electron chi connectivity index (χ0n) is 7.62. The number of hydrogen-bond acceptors (Lipinski definition) is 2. The van der Waals surface area contributed by atoms with Crippen molar-refractivity contribution in [1.82, 2.24) is 4.90 Å². The lowest BCUT2D eigenvalue weighted by Gasteiger charge is -2.18. The molecule has 0 spiro atoms. The lowest BCUT2D eigenvalue weighted by molar-refractivity contribution is 0.251. The minimum Gasteiger partial charge on any atom is -0.381 e. The first-order valence-electron chi connectivity index (χ1n) is 4.64. The van der Waals surface area contributed by atoms with Crippen molar-refractivity contribution in [3.8, 4) is 12.0 Å². The van der Waals surface area contributed by atoms with Crippen molar-refractivity contribution < 1.29 is 5.11 Å². The van der Waals surface area contributed by atoms with Gasteiger partial charge in [-0.05, 0) is 38.0 Å². The lowest BCUT2D eigenvalue weighted by atomic mass is 10.2. The van der Waals surface area contributed by atoms with Gasteiger partial charge >= 0.3 is 0 Å². The van der Waals surface area contributed by atoms with E-state index < -0.39 is 6.10 Å². The fourth-order valence-corrected chi connectivity index (χ4v) is 2.05. The molecule has 2 nitrogen and oxygen atoms in total. The molecular weight excluding hydrogens is 150 g/mol. The zero-order chi connectivity index (χ0) is 8.72. The van der Waals surface area contributed by atoms with Crippen LogP contribution in [-0.2, 0) is 0 Å². The van der Waals surface area contributed by atoms with Crippen LogP contribution in [-0.4, -0.2) is 28.7 Å². The molecule has 2 heteroatoms. The Balaban J connectivity index is 1.95. The highest BCUT2D eigenvalue weighted by Gasteiger charge is 2.49. The summed E-state index contributed by atoms with van der Waals surface area (Å²) in [5, 5.41) is 8.98. The van der Waals surface area contributed by atoms with Crippen LogP contribution in [0.5, 0.6) is 0 Å². The van der Waals surface area contributed by atoms with Crippen LogP contribution in [0.1, 0.15) is 20.3 Å². The third-order valence-corrected chi connectivity index (χ3v) is 2.94. The largest absolute Gasteiger partial charge is 0.381 e. The van der Waals surface area contributed by atoms with Gasteiger partial charge in [0.25, 0.3) is 0 Å². The molecule has 0 aromatic rings. The predicted octanol–water partition coefficient (Wildman–Crippen LogP) is 0.668. The highest BCUT2D eigenvalue weighted by Crippen LogP contribution is 2.48. The number of aliphatic hydroxyl groups is 1. The Labute approximate surface area is 73.6 Å². The van der Waals surface area contributed by atoms with E-state index in [1.165, 1.54) is 6.42 Å². The van der Waals surface area contributed by atoms with Crippen LogP contribution in [0, 0.1) is 23.8 Å². The van der Waals surface area contributed by atoms with Gasteiger partial charge in [0.15, 0.2) is 0 Å². The summed E-state index contributed by atoms with van der Waals surface area (Å²) in [6.07, 6.45) is 0.905. The molecular formula is C10H15NO. The quantitative estimate of drug-likeness (QED) is 0.533. The van der Waals surface area contributed by atoms with E-state index in [1.807, 2.05) is 0 Å². The standard InChI is InChI=1S/C10H15NO/c1-7(12)3-4-11-6-9-5-10(9)8(11)2/h7-10,12H,5-6H2,1-2H3. The zero-order valence-corrected chi connectivity index (χ0v) is 7.62. The van der Waals surface area contributed by atoms with Gasteiger partial charge in [0.1, 0.15) is 6.10 Å². The molecule has 2 rings (SSSR count). The number of nitrogens with zero attached hydrogens (tertiary/aromatic N) is 1. The first-order valence-corrected chi connectivity index (χ1v) is 4.64. The molecule has 1 heterocycles. The molecule has 2 fully saturated rings. The summed E-state index contributed by atoms with van der Waals surface area (Å²) < 4.78 is 0. The number of fused-ring (bicyclic) bond motifs is 1. The molecule has 0 radical (unpaired) electrons. The van der Waals surface area contributed by atoms with Crippen LogP contribution in [0.3, 0.4) is 0 Å². The molecule has 0 bridgehead atoms. The Morgan fingerprint density at radius 1 is 1.58 bits per heavy atom. The Bertz CT molecular complexity index is 238. The normalized spacial score (nSPS) is 39.9. The van der Waals surface area contributed by atoms with E-state index in [9.17, 15) is 0 Å². The smallest absolute Gasteiger partial charge is 0.113 e. The minimum absolute atomic E-state index is 0.492. The van der Waals surface area contributed by atoms with Crippen LogP contribution in [0.15, 0.2) is 0 Å². The van der Waals surface area contributed by atoms with E-state index in [1.54, 1.807) is 6.92 Å². The van der Waals surface area contributed by atoms with Gasteiger partial charge in [-0.1, -0.05) is 0 Å². The first kappa shape index (κ1) is 7.94. The second-order valence-electron chi connectivity index (χ2n) is 3.98. The summed E-state index contributed by atoms with van der Waals surface area (Å²) in [6, 6.07) is 3.64. The molecule has 12 heavy (non-hydrogen) atoms. The van der Waals surface area contributed by atoms with Crippen molar-refractivity contribution in [2.24, 2.45) is 11.8 Å². The average Bonchev–Trinajstić information content (AvgIpc) is 2.70. The molecule has 1 aliphatic heterocycles. The Hall–Kier alpha value is -0.680. The summed E-state index contributed by atoms with van der Waals surface area (Å²) in [4.78, 5) is 2.17. The number of likely N-dealkylation sites (tertiary alicyclic amines) is 1. The number of rotatable bonds is 0. The second-order valence-corrected chi connectivity index (χ2v) is 3.98. The Morgan fingerprint density at radius 3 is 2.83 bits per heavy atom. The van der Waals surface area contributed by atoms with Gasteiger partial charge in [-0.3, -0.25) is 0 Å². The summed E-state index contributed by atoms with van der Waals surface area (Å²) in [6.45, 7) is 5.05. The van der Waals surface area contributed by atoms with Gasteiger partial charge in [-0.2, -0.15) is 0 Å². The first-order chi connectivity index (χ1) is 5.68. The maximum Gasteiger partial charge on any atom is 0.113 e. The highest BCUT2D eigenvalue weighted by atomic mass is 16.3. The molecule has 66 valence electrons. The maximum absolute atomic E-state index is 8.98. The Kier molecular flexibility index (Phi) is 1.77. The maximum atomic E-state index is 8.98. The van der Waals surface area contributed by atoms with E-state index in [2.05, 4.69) is 23.8 Å². The van der Waals surface area contributed by atoms with E-state index in [-0.39, 0.29) is 0 Å². The fourth-order valence-electron chi connectivity index (χ4n) is 2.05. The van der Waals surface area contributed by atoms with Crippen molar-refractivity contribution >= 4 is 0 Å². The Morgan fingerprint density at radius 2 is 2.33 bits per heavy atom. The minimum atomic E-state index is -0.492. The van der Waals surface area contributed by atoms with Crippen molar-refractivity contribution in [3.05, 3.63) is 0 Å². The lowest BCUT2D eigenvalue weighted by Crippen LogP contribution is -2.25. The number of aliphatic hydroxyl groups excluding tert-OH is 1. The van der Waals surface area contributed by atoms with Crippen molar-refractivity contribution in [2.45, 2.75) is 32.4 Å². The van der Waals surface area contributed by atoms with Gasteiger partial charge in [0.2, 0.25) is 0 Å². The van der Waals surface area contributed by atoms with Gasteiger partial charge in [-0.25, -0.2) is 0 Å². The summed E-state index contributed by atoms with van der Waals surface area (Å²) in [5.74, 6) is 4.59. The summed E-state index contributed by atoms with van der Waals surface area (Å²) in [7, 11) is 0. The molecule has 4 unspecified atom stereocenters. The van der Waals surface area contributed by atoms with Crippen LogP contribution < -0.4 is 0 Å². The van der Waals surface area contributed by atoms with Gasteiger partial charge in [0.05, 0.1) is 0 Å². The third kappa shape index (κ3) is 1.30. The molecule has 1 saturated carbocycles. The highest BCUT2D eigenvalue weighted by molar-refractivity contribution is 5.12. The molecule has 4 atom stereocenters. The molecule has 1 aliphatic carbocycles. The average molecular weight is 165 g/mol. The van der Waals surface area contributed by atoms with Crippen LogP contribution in [0.4, 0.5) is 0 Å². The summed E-state index contributed by atoms with van der Waals surface area (Å²) >= 11 is 0. The van der Waals surface area contributed by atoms with Crippen LogP contribution in [0.25, 0.3) is 0 Å². The molecule has 0 aromatic carbocycles.